The van der Waals surface area contributed by atoms with Crippen LogP contribution in [0.5, 0.6) is 0 Å². The first kappa shape index (κ1) is 11.9. The molecule has 92 valence electrons. The zero-order valence-corrected chi connectivity index (χ0v) is 10.5. The van der Waals surface area contributed by atoms with Gasteiger partial charge in [-0.1, -0.05) is 26.7 Å². The number of amides is 1. The summed E-state index contributed by atoms with van der Waals surface area (Å²) in [5, 5.41) is 6.51. The van der Waals surface area contributed by atoms with E-state index >= 15 is 0 Å². The summed E-state index contributed by atoms with van der Waals surface area (Å²) in [5.41, 5.74) is 0.270. The van der Waals surface area contributed by atoms with Gasteiger partial charge in [0, 0.05) is 6.04 Å². The number of hydrogen-bond acceptors (Lipinski definition) is 2. The van der Waals surface area contributed by atoms with E-state index in [2.05, 4.69) is 24.5 Å². The van der Waals surface area contributed by atoms with E-state index in [9.17, 15) is 4.79 Å². The summed E-state index contributed by atoms with van der Waals surface area (Å²) >= 11 is 0. The van der Waals surface area contributed by atoms with E-state index in [1.54, 1.807) is 0 Å². The number of carbonyl (C=O) groups is 1. The van der Waals surface area contributed by atoms with Crippen molar-refractivity contribution in [3.8, 4) is 0 Å². The number of rotatable bonds is 2. The Bertz CT molecular complexity index is 257. The smallest absolute Gasteiger partial charge is 0.237 e. The Balaban J connectivity index is 1.89. The maximum atomic E-state index is 12.0. The van der Waals surface area contributed by atoms with E-state index in [4.69, 9.17) is 0 Å². The van der Waals surface area contributed by atoms with Gasteiger partial charge in [0.1, 0.15) is 0 Å². The lowest BCUT2D eigenvalue weighted by atomic mass is 9.73. The van der Waals surface area contributed by atoms with Crippen LogP contribution in [-0.4, -0.2) is 24.5 Å². The molecule has 2 N–H and O–H groups in total. The fourth-order valence-corrected chi connectivity index (χ4v) is 2.94. The summed E-state index contributed by atoms with van der Waals surface area (Å²) in [6, 6.07) is 0.439. The van der Waals surface area contributed by atoms with Crippen molar-refractivity contribution < 1.29 is 4.79 Å². The first-order valence-corrected chi connectivity index (χ1v) is 6.63. The Labute approximate surface area is 98.4 Å². The molecule has 2 aliphatic rings. The molecular weight excluding hydrogens is 200 g/mol. The molecule has 0 spiro atoms. The standard InChI is InChI=1S/C13H24N2O/c1-13(2)8-4-3-7-11(13)15-12(16)10-6-5-9-14-10/h10-11,14H,3-9H2,1-2H3,(H,15,16)/t10-,11?/m0/s1. The first-order chi connectivity index (χ1) is 7.59. The van der Waals surface area contributed by atoms with Crippen LogP contribution in [-0.2, 0) is 4.79 Å². The largest absolute Gasteiger partial charge is 0.351 e. The predicted octanol–water partition coefficient (Wildman–Crippen LogP) is 1.82. The van der Waals surface area contributed by atoms with Gasteiger partial charge in [-0.05, 0) is 37.6 Å². The third-order valence-corrected chi connectivity index (χ3v) is 4.20. The lowest BCUT2D eigenvalue weighted by Crippen LogP contribution is -2.51. The molecule has 1 heterocycles. The van der Waals surface area contributed by atoms with E-state index in [1.165, 1.54) is 19.3 Å². The first-order valence-electron chi connectivity index (χ1n) is 6.63. The highest BCUT2D eigenvalue weighted by molar-refractivity contribution is 5.82. The Morgan fingerprint density at radius 2 is 2.06 bits per heavy atom. The third kappa shape index (κ3) is 2.57. The number of carbonyl (C=O) groups excluding carboxylic acids is 1. The molecule has 1 saturated heterocycles. The quantitative estimate of drug-likeness (QED) is 0.751. The summed E-state index contributed by atoms with van der Waals surface area (Å²) in [4.78, 5) is 12.0. The second-order valence-electron chi connectivity index (χ2n) is 5.94. The van der Waals surface area contributed by atoms with Crippen LogP contribution in [0.4, 0.5) is 0 Å². The molecule has 2 fully saturated rings. The molecule has 0 aromatic heterocycles. The Morgan fingerprint density at radius 3 is 2.69 bits per heavy atom. The van der Waals surface area contributed by atoms with Crippen LogP contribution in [0.25, 0.3) is 0 Å². The minimum atomic E-state index is 0.0673. The molecule has 0 aromatic rings. The average molecular weight is 224 g/mol. The minimum Gasteiger partial charge on any atom is -0.351 e. The molecule has 2 atom stereocenters. The van der Waals surface area contributed by atoms with E-state index < -0.39 is 0 Å². The molecule has 0 radical (unpaired) electrons. The maximum absolute atomic E-state index is 12.0. The Morgan fingerprint density at radius 1 is 1.25 bits per heavy atom. The van der Waals surface area contributed by atoms with Crippen LogP contribution in [0.2, 0.25) is 0 Å². The zero-order chi connectivity index (χ0) is 11.6. The molecule has 0 bridgehead atoms. The summed E-state index contributed by atoms with van der Waals surface area (Å²) in [6.07, 6.45) is 7.07. The van der Waals surface area contributed by atoms with Crippen molar-refractivity contribution in [3.63, 3.8) is 0 Å². The van der Waals surface area contributed by atoms with Crippen molar-refractivity contribution in [1.82, 2.24) is 10.6 Å². The molecule has 16 heavy (non-hydrogen) atoms. The van der Waals surface area contributed by atoms with Gasteiger partial charge in [-0.15, -0.1) is 0 Å². The molecule has 3 heteroatoms. The lowest BCUT2D eigenvalue weighted by Gasteiger charge is -2.39. The molecule has 0 aromatic carbocycles. The SMILES string of the molecule is CC1(C)CCCCC1NC(=O)[C@@H]1CCCN1. The fourth-order valence-electron chi connectivity index (χ4n) is 2.94. The highest BCUT2D eigenvalue weighted by Gasteiger charge is 2.34. The molecule has 1 aliphatic carbocycles. The van der Waals surface area contributed by atoms with Crippen molar-refractivity contribution in [1.29, 1.82) is 0 Å². The molecule has 1 amide bonds. The normalized spacial score (nSPS) is 33.6. The van der Waals surface area contributed by atoms with Crippen molar-refractivity contribution in [2.75, 3.05) is 6.54 Å². The van der Waals surface area contributed by atoms with Gasteiger partial charge < -0.3 is 10.6 Å². The van der Waals surface area contributed by atoms with Crippen LogP contribution in [0.1, 0.15) is 52.4 Å². The van der Waals surface area contributed by atoms with Crippen molar-refractivity contribution in [2.24, 2.45) is 5.41 Å². The number of hydrogen-bond donors (Lipinski definition) is 2. The van der Waals surface area contributed by atoms with E-state index in [0.717, 1.165) is 25.8 Å². The van der Waals surface area contributed by atoms with Crippen LogP contribution in [0.3, 0.4) is 0 Å². The number of nitrogens with one attached hydrogen (secondary N) is 2. The van der Waals surface area contributed by atoms with Gasteiger partial charge in [-0.25, -0.2) is 0 Å². The third-order valence-electron chi connectivity index (χ3n) is 4.20. The second kappa shape index (κ2) is 4.74. The minimum absolute atomic E-state index is 0.0673. The topological polar surface area (TPSA) is 41.1 Å². The average Bonchev–Trinajstić information content (AvgIpc) is 2.74. The van der Waals surface area contributed by atoms with E-state index in [0.29, 0.717) is 6.04 Å². The molecule has 1 unspecified atom stereocenters. The zero-order valence-electron chi connectivity index (χ0n) is 10.5. The van der Waals surface area contributed by atoms with Crippen LogP contribution >= 0.6 is 0 Å². The Hall–Kier alpha value is -0.570. The molecule has 1 saturated carbocycles. The summed E-state index contributed by atoms with van der Waals surface area (Å²) in [7, 11) is 0. The molecule has 1 aliphatic heterocycles. The van der Waals surface area contributed by atoms with Gasteiger partial charge in [0.2, 0.25) is 5.91 Å². The fraction of sp³-hybridized carbons (Fsp3) is 0.923. The highest BCUT2D eigenvalue weighted by Crippen LogP contribution is 2.35. The van der Waals surface area contributed by atoms with Gasteiger partial charge in [0.05, 0.1) is 6.04 Å². The van der Waals surface area contributed by atoms with Gasteiger partial charge >= 0.3 is 0 Å². The van der Waals surface area contributed by atoms with E-state index in [-0.39, 0.29) is 17.4 Å². The summed E-state index contributed by atoms with van der Waals surface area (Å²) in [5.74, 6) is 0.220. The van der Waals surface area contributed by atoms with Crippen molar-refractivity contribution in [3.05, 3.63) is 0 Å². The van der Waals surface area contributed by atoms with Crippen LogP contribution in [0.15, 0.2) is 0 Å². The van der Waals surface area contributed by atoms with Crippen LogP contribution in [0, 0.1) is 5.41 Å². The molecule has 2 rings (SSSR count). The Kier molecular flexibility index (Phi) is 3.53. The summed E-state index contributed by atoms with van der Waals surface area (Å²) in [6.45, 7) is 5.55. The van der Waals surface area contributed by atoms with Crippen molar-refractivity contribution >= 4 is 5.91 Å². The summed E-state index contributed by atoms with van der Waals surface area (Å²) < 4.78 is 0. The molecular formula is C13H24N2O. The molecule has 3 nitrogen and oxygen atoms in total. The second-order valence-corrected chi connectivity index (χ2v) is 5.94. The van der Waals surface area contributed by atoms with Crippen LogP contribution < -0.4 is 10.6 Å². The maximum Gasteiger partial charge on any atom is 0.237 e. The van der Waals surface area contributed by atoms with Gasteiger partial charge in [0.15, 0.2) is 0 Å². The lowest BCUT2D eigenvalue weighted by molar-refractivity contribution is -0.124. The monoisotopic (exact) mass is 224 g/mol. The predicted molar refractivity (Wildman–Crippen MR) is 65.2 cm³/mol. The van der Waals surface area contributed by atoms with Gasteiger partial charge in [-0.2, -0.15) is 0 Å². The van der Waals surface area contributed by atoms with Crippen molar-refractivity contribution in [2.45, 2.75) is 64.5 Å². The van der Waals surface area contributed by atoms with Gasteiger partial charge in [-0.3, -0.25) is 4.79 Å². The van der Waals surface area contributed by atoms with Gasteiger partial charge in [0.25, 0.3) is 0 Å². The van der Waals surface area contributed by atoms with E-state index in [1.807, 2.05) is 0 Å². The highest BCUT2D eigenvalue weighted by atomic mass is 16.2.